The number of hydrogen-bond acceptors (Lipinski definition) is 3. The average molecular weight is 259 g/mol. The molecule has 0 bridgehead atoms. The van der Waals surface area contributed by atoms with E-state index < -0.39 is 0 Å². The summed E-state index contributed by atoms with van der Waals surface area (Å²) in [5, 5.41) is 7.46. The van der Waals surface area contributed by atoms with E-state index in [0.29, 0.717) is 5.92 Å². The Hall–Kier alpha value is -1.97. The van der Waals surface area contributed by atoms with Crippen LogP contribution in [-0.4, -0.2) is 16.4 Å². The molecule has 0 saturated heterocycles. The van der Waals surface area contributed by atoms with Crippen LogP contribution < -0.4 is 10.1 Å². The Morgan fingerprint density at radius 1 is 1.37 bits per heavy atom. The molecule has 4 heteroatoms. The number of nitrogens with one attached hydrogen (secondary N) is 1. The largest absolute Gasteiger partial charge is 0.493 e. The third kappa shape index (κ3) is 4.32. The van der Waals surface area contributed by atoms with Gasteiger partial charge in [0.1, 0.15) is 5.75 Å². The first kappa shape index (κ1) is 13.5. The predicted molar refractivity (Wildman–Crippen MR) is 77.3 cm³/mol. The molecule has 1 aromatic carbocycles. The first-order valence-corrected chi connectivity index (χ1v) is 6.58. The number of aryl methyl sites for hydroxylation is 1. The van der Waals surface area contributed by atoms with Crippen molar-refractivity contribution in [1.82, 2.24) is 9.78 Å². The number of benzene rings is 1. The minimum Gasteiger partial charge on any atom is -0.493 e. The second-order valence-corrected chi connectivity index (χ2v) is 5.11. The molecular weight excluding hydrogens is 238 g/mol. The van der Waals surface area contributed by atoms with Crippen molar-refractivity contribution in [2.75, 3.05) is 11.9 Å². The highest BCUT2D eigenvalue weighted by Gasteiger charge is 2.00. The van der Waals surface area contributed by atoms with Crippen LogP contribution >= 0.6 is 0 Å². The maximum Gasteiger partial charge on any atom is 0.119 e. The highest BCUT2D eigenvalue weighted by Crippen LogP contribution is 2.15. The van der Waals surface area contributed by atoms with Gasteiger partial charge in [-0.2, -0.15) is 5.10 Å². The summed E-state index contributed by atoms with van der Waals surface area (Å²) in [7, 11) is 1.91. The van der Waals surface area contributed by atoms with Gasteiger partial charge in [-0.1, -0.05) is 26.0 Å². The zero-order valence-corrected chi connectivity index (χ0v) is 11.8. The van der Waals surface area contributed by atoms with Crippen molar-refractivity contribution in [1.29, 1.82) is 0 Å². The van der Waals surface area contributed by atoms with Gasteiger partial charge in [0.25, 0.3) is 0 Å². The molecule has 4 nitrogen and oxygen atoms in total. The van der Waals surface area contributed by atoms with Crippen molar-refractivity contribution in [3.8, 4) is 5.75 Å². The van der Waals surface area contributed by atoms with E-state index in [-0.39, 0.29) is 0 Å². The minimum atomic E-state index is 0.539. The van der Waals surface area contributed by atoms with E-state index in [9.17, 15) is 0 Å². The molecule has 2 rings (SSSR count). The van der Waals surface area contributed by atoms with E-state index in [1.165, 1.54) is 5.56 Å². The number of aromatic nitrogens is 2. The molecule has 0 aliphatic heterocycles. The van der Waals surface area contributed by atoms with Crippen molar-refractivity contribution in [2.24, 2.45) is 13.0 Å². The van der Waals surface area contributed by atoms with Gasteiger partial charge in [-0.05, 0) is 23.6 Å². The zero-order chi connectivity index (χ0) is 13.7. The Labute approximate surface area is 114 Å². The predicted octanol–water partition coefficient (Wildman–Crippen LogP) is 3.07. The third-order valence-electron chi connectivity index (χ3n) is 2.68. The van der Waals surface area contributed by atoms with Gasteiger partial charge in [0.05, 0.1) is 18.5 Å². The lowest BCUT2D eigenvalue weighted by Gasteiger charge is -2.10. The Bertz CT molecular complexity index is 520. The first-order chi connectivity index (χ1) is 9.13. The average Bonchev–Trinajstić information content (AvgIpc) is 2.80. The fraction of sp³-hybridized carbons (Fsp3) is 0.400. The van der Waals surface area contributed by atoms with E-state index in [2.05, 4.69) is 36.4 Å². The molecule has 19 heavy (non-hydrogen) atoms. The molecule has 0 fully saturated rings. The van der Waals surface area contributed by atoms with E-state index in [4.69, 9.17) is 4.74 Å². The number of rotatable bonds is 6. The fourth-order valence-corrected chi connectivity index (χ4v) is 1.72. The van der Waals surface area contributed by atoms with Crippen molar-refractivity contribution in [2.45, 2.75) is 20.4 Å². The lowest BCUT2D eigenvalue weighted by Crippen LogP contribution is -2.05. The van der Waals surface area contributed by atoms with Gasteiger partial charge in [0.2, 0.25) is 0 Å². The summed E-state index contributed by atoms with van der Waals surface area (Å²) >= 11 is 0. The maximum absolute atomic E-state index is 5.72. The Morgan fingerprint density at radius 2 is 2.21 bits per heavy atom. The summed E-state index contributed by atoms with van der Waals surface area (Å²) in [6.07, 6.45) is 3.78. The molecule has 0 aliphatic rings. The molecule has 102 valence electrons. The summed E-state index contributed by atoms with van der Waals surface area (Å²) in [5.41, 5.74) is 2.22. The topological polar surface area (TPSA) is 39.1 Å². The Kier molecular flexibility index (Phi) is 4.44. The second-order valence-electron chi connectivity index (χ2n) is 5.11. The summed E-state index contributed by atoms with van der Waals surface area (Å²) in [6.45, 7) is 5.81. The lowest BCUT2D eigenvalue weighted by atomic mass is 10.2. The van der Waals surface area contributed by atoms with Crippen molar-refractivity contribution < 1.29 is 4.74 Å². The molecule has 0 unspecified atom stereocenters. The van der Waals surface area contributed by atoms with Gasteiger partial charge in [0, 0.05) is 19.8 Å². The van der Waals surface area contributed by atoms with Crippen molar-refractivity contribution in [3.63, 3.8) is 0 Å². The summed E-state index contributed by atoms with van der Waals surface area (Å²) in [6, 6.07) is 8.18. The molecule has 1 N–H and O–H groups in total. The van der Waals surface area contributed by atoms with Crippen LogP contribution in [0.15, 0.2) is 36.7 Å². The van der Waals surface area contributed by atoms with Gasteiger partial charge < -0.3 is 10.1 Å². The van der Waals surface area contributed by atoms with E-state index in [1.54, 1.807) is 4.68 Å². The van der Waals surface area contributed by atoms with Gasteiger partial charge in [-0.15, -0.1) is 0 Å². The molecule has 0 aliphatic carbocycles. The van der Waals surface area contributed by atoms with E-state index in [0.717, 1.165) is 24.6 Å². The molecule has 0 radical (unpaired) electrons. The van der Waals surface area contributed by atoms with Crippen molar-refractivity contribution in [3.05, 3.63) is 42.2 Å². The number of nitrogens with zero attached hydrogens (tertiary/aromatic N) is 2. The van der Waals surface area contributed by atoms with Crippen LogP contribution in [0.3, 0.4) is 0 Å². The summed E-state index contributed by atoms with van der Waals surface area (Å²) in [5.74, 6) is 1.47. The maximum atomic E-state index is 5.72. The van der Waals surface area contributed by atoms with Crippen LogP contribution in [0.1, 0.15) is 19.4 Å². The second kappa shape index (κ2) is 6.27. The van der Waals surface area contributed by atoms with Gasteiger partial charge >= 0.3 is 0 Å². The van der Waals surface area contributed by atoms with Gasteiger partial charge in [-0.25, -0.2) is 0 Å². The SMILES string of the molecule is CC(C)COc1cccc(CNc2cnn(C)c2)c1. The monoisotopic (exact) mass is 259 g/mol. The van der Waals surface area contributed by atoms with Crippen LogP contribution in [0.25, 0.3) is 0 Å². The molecule has 0 saturated carbocycles. The fourth-order valence-electron chi connectivity index (χ4n) is 1.72. The highest BCUT2D eigenvalue weighted by molar-refractivity contribution is 5.40. The van der Waals surface area contributed by atoms with Crippen LogP contribution in [0.4, 0.5) is 5.69 Å². The summed E-state index contributed by atoms with van der Waals surface area (Å²) < 4.78 is 7.50. The van der Waals surface area contributed by atoms with Crippen LogP contribution in [0.2, 0.25) is 0 Å². The molecule has 0 spiro atoms. The standard InChI is InChI=1S/C15H21N3O/c1-12(2)11-19-15-6-4-5-13(7-15)8-16-14-9-17-18(3)10-14/h4-7,9-10,12,16H,8,11H2,1-3H3. The van der Waals surface area contributed by atoms with Crippen LogP contribution in [0, 0.1) is 5.92 Å². The Balaban J connectivity index is 1.91. The Morgan fingerprint density at radius 3 is 2.89 bits per heavy atom. The molecule has 0 atom stereocenters. The molecule has 2 aromatic rings. The molecule has 0 amide bonds. The lowest BCUT2D eigenvalue weighted by molar-refractivity contribution is 0.271. The highest BCUT2D eigenvalue weighted by atomic mass is 16.5. The molecule has 1 heterocycles. The zero-order valence-electron chi connectivity index (χ0n) is 11.8. The minimum absolute atomic E-state index is 0.539. The number of ether oxygens (including phenoxy) is 1. The number of anilines is 1. The summed E-state index contributed by atoms with van der Waals surface area (Å²) in [4.78, 5) is 0. The van der Waals surface area contributed by atoms with E-state index in [1.807, 2.05) is 31.6 Å². The number of hydrogen-bond donors (Lipinski definition) is 1. The molecule has 1 aromatic heterocycles. The molecular formula is C15H21N3O. The van der Waals surface area contributed by atoms with Gasteiger partial charge in [0.15, 0.2) is 0 Å². The normalized spacial score (nSPS) is 10.7. The quantitative estimate of drug-likeness (QED) is 0.866. The smallest absolute Gasteiger partial charge is 0.119 e. The third-order valence-corrected chi connectivity index (χ3v) is 2.68. The van der Waals surface area contributed by atoms with Gasteiger partial charge in [-0.3, -0.25) is 4.68 Å². The van der Waals surface area contributed by atoms with Crippen LogP contribution in [0.5, 0.6) is 5.75 Å². The first-order valence-electron chi connectivity index (χ1n) is 6.58. The van der Waals surface area contributed by atoms with Crippen molar-refractivity contribution >= 4 is 5.69 Å². The van der Waals surface area contributed by atoms with E-state index >= 15 is 0 Å². The van der Waals surface area contributed by atoms with Crippen LogP contribution in [-0.2, 0) is 13.6 Å².